The van der Waals surface area contributed by atoms with Gasteiger partial charge in [0.05, 0.1) is 18.3 Å². The second-order valence-electron chi connectivity index (χ2n) is 9.80. The predicted molar refractivity (Wildman–Crippen MR) is 139 cm³/mol. The minimum Gasteiger partial charge on any atom is -0.459 e. The predicted octanol–water partition coefficient (Wildman–Crippen LogP) is 3.57. The van der Waals surface area contributed by atoms with Gasteiger partial charge in [-0.1, -0.05) is 78.9 Å². The second-order valence-corrected chi connectivity index (χ2v) is 11.0. The summed E-state index contributed by atoms with van der Waals surface area (Å²) in [5, 5.41) is 0. The quantitative estimate of drug-likeness (QED) is 0.288. The largest absolute Gasteiger partial charge is 0.459 e. The summed E-state index contributed by atoms with van der Waals surface area (Å²) in [7, 11) is 0. The van der Waals surface area contributed by atoms with Crippen LogP contribution in [0.4, 0.5) is 0 Å². The molecule has 3 aromatic carbocycles. The fraction of sp³-hybridized carbons (Fsp3) is 0.241. The molecular weight excluding hydrogens is 527 g/mol. The number of halogens is 2. The van der Waals surface area contributed by atoms with Gasteiger partial charge >= 0.3 is 5.97 Å². The van der Waals surface area contributed by atoms with Crippen molar-refractivity contribution in [2.45, 2.75) is 28.8 Å². The van der Waals surface area contributed by atoms with E-state index in [9.17, 15) is 19.2 Å². The number of nitrogens with zero attached hydrogens (tertiary/aromatic N) is 1. The summed E-state index contributed by atoms with van der Waals surface area (Å²) < 4.78 is 5.44. The Morgan fingerprint density at radius 1 is 0.789 bits per heavy atom. The SMILES string of the molecule is NC(=O)C[C@H](C(=O)OCc1ccccc1)N1C(=O)[C@@H]2[C@H](C1=O)C1(Cl)c3ccccc3C2(Cl)c2ccccc21. The van der Waals surface area contributed by atoms with E-state index in [0.717, 1.165) is 4.90 Å². The van der Waals surface area contributed by atoms with Crippen LogP contribution >= 0.6 is 23.2 Å². The summed E-state index contributed by atoms with van der Waals surface area (Å²) in [5.74, 6) is -5.35. The lowest BCUT2D eigenvalue weighted by Gasteiger charge is -2.54. The van der Waals surface area contributed by atoms with Gasteiger partial charge in [-0.05, 0) is 27.8 Å². The third-order valence-corrected chi connectivity index (χ3v) is 9.11. The number of primary amides is 1. The maximum absolute atomic E-state index is 14.1. The number of hydrogen-bond acceptors (Lipinski definition) is 5. The maximum Gasteiger partial charge on any atom is 0.330 e. The number of ether oxygens (including phenoxy) is 1. The van der Waals surface area contributed by atoms with E-state index < -0.39 is 57.7 Å². The van der Waals surface area contributed by atoms with Crippen molar-refractivity contribution in [3.05, 3.63) is 107 Å². The monoisotopic (exact) mass is 548 g/mol. The number of likely N-dealkylation sites (tertiary alicyclic amines) is 1. The average molecular weight is 549 g/mol. The molecule has 4 aliphatic rings. The number of alkyl halides is 2. The first kappa shape index (κ1) is 24.6. The molecule has 1 heterocycles. The van der Waals surface area contributed by atoms with Crippen LogP contribution in [-0.4, -0.2) is 34.6 Å². The number of carbonyl (C=O) groups is 4. The molecule has 1 aliphatic heterocycles. The molecule has 1 fully saturated rings. The van der Waals surface area contributed by atoms with Gasteiger partial charge in [0.15, 0.2) is 0 Å². The van der Waals surface area contributed by atoms with Crippen molar-refractivity contribution in [1.29, 1.82) is 0 Å². The van der Waals surface area contributed by atoms with Crippen molar-refractivity contribution < 1.29 is 23.9 Å². The van der Waals surface area contributed by atoms with Crippen LogP contribution in [0.15, 0.2) is 78.9 Å². The van der Waals surface area contributed by atoms with Gasteiger partial charge in [0.25, 0.3) is 0 Å². The van der Waals surface area contributed by atoms with E-state index in [1.54, 1.807) is 72.8 Å². The van der Waals surface area contributed by atoms with Gasteiger partial charge in [0, 0.05) is 0 Å². The van der Waals surface area contributed by atoms with E-state index in [0.29, 0.717) is 27.8 Å². The van der Waals surface area contributed by atoms with E-state index in [4.69, 9.17) is 33.7 Å². The number of esters is 1. The first-order valence-electron chi connectivity index (χ1n) is 12.1. The van der Waals surface area contributed by atoms with Gasteiger partial charge in [0.2, 0.25) is 17.7 Å². The molecule has 192 valence electrons. The molecule has 3 aromatic rings. The summed E-state index contributed by atoms with van der Waals surface area (Å²) >= 11 is 14.8. The molecule has 3 aliphatic carbocycles. The summed E-state index contributed by atoms with van der Waals surface area (Å²) in [4.78, 5) is 51.5. The minimum atomic E-state index is -1.55. The van der Waals surface area contributed by atoms with E-state index in [1.807, 2.05) is 6.07 Å². The van der Waals surface area contributed by atoms with Crippen LogP contribution in [0.5, 0.6) is 0 Å². The number of nitrogens with two attached hydrogens (primary N) is 1. The standard InChI is InChI=1S/C29H22Cl2N2O5/c30-28-17-10-4-5-11-18(17)29(31,20-13-7-6-12-19(20)28)24-23(28)25(35)33(26(24)36)21(14-22(32)34)27(37)38-15-16-8-2-1-3-9-16/h1-13,21,23-24H,14-15H2,(H2,32,34)/t21-,23-,24+,28?,29?/m1/s1. The highest BCUT2D eigenvalue weighted by molar-refractivity contribution is 6.36. The molecule has 38 heavy (non-hydrogen) atoms. The Balaban J connectivity index is 1.45. The maximum atomic E-state index is 14.1. The van der Waals surface area contributed by atoms with Crippen LogP contribution in [0.3, 0.4) is 0 Å². The Bertz CT molecular complexity index is 1390. The zero-order chi connectivity index (χ0) is 26.8. The molecule has 9 heteroatoms. The van der Waals surface area contributed by atoms with Gasteiger partial charge < -0.3 is 10.5 Å². The fourth-order valence-corrected chi connectivity index (χ4v) is 7.39. The molecule has 0 radical (unpaired) electrons. The van der Waals surface area contributed by atoms with E-state index in [-0.39, 0.29) is 6.61 Å². The Kier molecular flexibility index (Phi) is 5.63. The molecular formula is C29H22Cl2N2O5. The average Bonchev–Trinajstić information content (AvgIpc) is 3.20. The molecule has 1 saturated heterocycles. The van der Waals surface area contributed by atoms with Crippen LogP contribution in [0.1, 0.15) is 34.2 Å². The van der Waals surface area contributed by atoms with Crippen LogP contribution in [-0.2, 0) is 40.3 Å². The summed E-state index contributed by atoms with van der Waals surface area (Å²) in [6, 6.07) is 21.8. The molecule has 2 N–H and O–H groups in total. The van der Waals surface area contributed by atoms with Gasteiger partial charge in [0.1, 0.15) is 22.4 Å². The first-order valence-corrected chi connectivity index (χ1v) is 12.9. The van der Waals surface area contributed by atoms with Crippen LogP contribution in [0, 0.1) is 11.8 Å². The Morgan fingerprint density at radius 2 is 1.21 bits per heavy atom. The smallest absolute Gasteiger partial charge is 0.330 e. The van der Waals surface area contributed by atoms with E-state index in [1.165, 1.54) is 0 Å². The number of amides is 3. The molecule has 2 bridgehead atoms. The Labute approximate surface area is 228 Å². The van der Waals surface area contributed by atoms with Crippen molar-refractivity contribution in [2.75, 3.05) is 0 Å². The zero-order valence-corrected chi connectivity index (χ0v) is 21.5. The zero-order valence-electron chi connectivity index (χ0n) is 20.0. The molecule has 0 saturated carbocycles. The van der Waals surface area contributed by atoms with Gasteiger partial charge in [-0.2, -0.15) is 0 Å². The Morgan fingerprint density at radius 3 is 1.63 bits per heavy atom. The molecule has 3 amide bonds. The normalized spacial score (nSPS) is 27.4. The molecule has 0 aromatic heterocycles. The lowest BCUT2D eigenvalue weighted by molar-refractivity contribution is -0.160. The highest BCUT2D eigenvalue weighted by Gasteiger charge is 2.73. The summed E-state index contributed by atoms with van der Waals surface area (Å²) in [6.07, 6.45) is -0.588. The number of hydrogen-bond donors (Lipinski definition) is 1. The number of benzene rings is 3. The lowest BCUT2D eigenvalue weighted by Crippen LogP contribution is -2.57. The number of rotatable bonds is 6. The number of imide groups is 1. The topological polar surface area (TPSA) is 107 Å². The summed E-state index contributed by atoms with van der Waals surface area (Å²) in [5.41, 5.74) is 8.70. The third kappa shape index (κ3) is 3.21. The van der Waals surface area contributed by atoms with Crippen LogP contribution in [0.25, 0.3) is 0 Å². The van der Waals surface area contributed by atoms with Crippen LogP contribution < -0.4 is 5.73 Å². The van der Waals surface area contributed by atoms with Crippen molar-refractivity contribution in [2.24, 2.45) is 17.6 Å². The number of carbonyl (C=O) groups excluding carboxylic acids is 4. The van der Waals surface area contributed by atoms with Crippen LogP contribution in [0.2, 0.25) is 0 Å². The fourth-order valence-electron chi connectivity index (χ4n) is 6.29. The second kappa shape index (κ2) is 8.68. The molecule has 0 unspecified atom stereocenters. The van der Waals surface area contributed by atoms with Crippen molar-refractivity contribution in [3.63, 3.8) is 0 Å². The Hall–Kier alpha value is -3.68. The van der Waals surface area contributed by atoms with Gasteiger partial charge in [-0.15, -0.1) is 23.2 Å². The lowest BCUT2D eigenvalue weighted by atomic mass is 9.54. The highest BCUT2D eigenvalue weighted by Crippen LogP contribution is 2.69. The molecule has 7 nitrogen and oxygen atoms in total. The molecule has 7 rings (SSSR count). The van der Waals surface area contributed by atoms with E-state index >= 15 is 0 Å². The minimum absolute atomic E-state index is 0.103. The van der Waals surface area contributed by atoms with E-state index in [2.05, 4.69) is 0 Å². The highest BCUT2D eigenvalue weighted by atomic mass is 35.5. The summed E-state index contributed by atoms with van der Waals surface area (Å²) in [6.45, 7) is -0.103. The van der Waals surface area contributed by atoms with Crippen molar-refractivity contribution in [1.82, 2.24) is 4.90 Å². The van der Waals surface area contributed by atoms with Crippen molar-refractivity contribution >= 4 is 46.9 Å². The molecule has 0 spiro atoms. The molecule has 3 atom stereocenters. The first-order chi connectivity index (χ1) is 18.2. The van der Waals surface area contributed by atoms with Gasteiger partial charge in [-0.25, -0.2) is 4.79 Å². The van der Waals surface area contributed by atoms with Gasteiger partial charge in [-0.3, -0.25) is 19.3 Å². The third-order valence-electron chi connectivity index (χ3n) is 7.82. The van der Waals surface area contributed by atoms with Crippen molar-refractivity contribution in [3.8, 4) is 0 Å².